The molecule has 0 aliphatic carbocycles. The molecule has 7 rings (SSSR count). The first kappa shape index (κ1) is 62.3. The van der Waals surface area contributed by atoms with Gasteiger partial charge in [0.15, 0.2) is 11.8 Å². The van der Waals surface area contributed by atoms with Crippen molar-refractivity contribution in [1.82, 2.24) is 30.7 Å². The van der Waals surface area contributed by atoms with Gasteiger partial charge in [0.1, 0.15) is 41.1 Å². The maximum atomic E-state index is 14.0. The summed E-state index contributed by atoms with van der Waals surface area (Å²) in [5.74, 6) is -1.66. The van der Waals surface area contributed by atoms with Gasteiger partial charge in [0.05, 0.1) is 68.9 Å². The van der Waals surface area contributed by atoms with Gasteiger partial charge in [0.25, 0.3) is 5.91 Å². The summed E-state index contributed by atoms with van der Waals surface area (Å²) in [5.41, 5.74) is 16.8. The average molecular weight is 1180 g/mol. The maximum Gasteiger partial charge on any atom is 0.410 e. The van der Waals surface area contributed by atoms with Crippen molar-refractivity contribution in [3.05, 3.63) is 152 Å². The van der Waals surface area contributed by atoms with Crippen molar-refractivity contribution >= 4 is 75.8 Å². The third-order valence-corrected chi connectivity index (χ3v) is 14.1. The minimum absolute atomic E-state index is 0.0271. The standard InChI is InChI=1S/C58H67ClFN11O11S/c1-33(2)56(75)81-37(6)82-58(76)68-47(29-38-9-17-43(18-10-38)66-57(61)62)54(74)65-44-19-20-45(48(30-44)80-32-39-7-15-42(60)16-8-39)53(73)64-22-24-78-26-28-79-27-25-77-23-21-63-49(72)31-46-52-70-69-36(5)71(52)55-50(34(3)35(4)83-55)51(67-46)40-11-13-41(59)14-12-40/h7-20,30,33,37,46-47H,21-29,31-32H2,1-6H3,(H,63,72)(H,64,73)(H,65,74)(H,68,76)(H4,61,62,66)/t37?,46-,47+/m1/s1. The molecule has 440 valence electrons. The van der Waals surface area contributed by atoms with E-state index in [-0.39, 0.29) is 101 Å². The Morgan fingerprint density at radius 2 is 1.45 bits per heavy atom. The minimum atomic E-state index is -1.26. The molecule has 1 aliphatic heterocycles. The normalized spacial score (nSPS) is 13.3. The number of rotatable bonds is 28. The zero-order valence-electron chi connectivity index (χ0n) is 46.8. The number of thiophene rings is 1. The number of hydrogen-bond donors (Lipinski definition) is 6. The highest BCUT2D eigenvalue weighted by atomic mass is 35.5. The number of aryl methyl sites for hydroxylation is 2. The molecule has 3 atom stereocenters. The number of hydrogen-bond acceptors (Lipinski definition) is 16. The summed E-state index contributed by atoms with van der Waals surface area (Å²) in [6, 6.07) is 22.3. The number of aliphatic imine (C=N–C) groups is 2. The van der Waals surface area contributed by atoms with Crippen molar-refractivity contribution in [2.24, 2.45) is 27.4 Å². The maximum absolute atomic E-state index is 14.0. The van der Waals surface area contributed by atoms with Crippen LogP contribution in [0.5, 0.6) is 5.75 Å². The summed E-state index contributed by atoms with van der Waals surface area (Å²) in [4.78, 5) is 76.3. The van der Waals surface area contributed by atoms with E-state index in [0.29, 0.717) is 33.5 Å². The molecule has 0 saturated carbocycles. The number of fused-ring (bicyclic) bond motifs is 3. The number of ether oxygens (including phenoxy) is 6. The fourth-order valence-corrected chi connectivity index (χ4v) is 9.69. The summed E-state index contributed by atoms with van der Waals surface area (Å²) in [6.45, 7) is 12.5. The SMILES string of the molecule is Cc1sc2c(c1C)C(c1ccc(Cl)cc1)=N[C@H](CC(=O)NCCOCCOCCOCCNC(=O)c1ccc(NC(=O)[C@H](Cc3ccc(N=C(N)N)cc3)NC(=O)OC(C)OC(=O)C(C)C)cc1OCc1ccc(F)cc1)c1nnc(C)n1-2. The Labute approximate surface area is 488 Å². The van der Waals surface area contributed by atoms with E-state index in [4.69, 9.17) is 56.5 Å². The lowest BCUT2D eigenvalue weighted by atomic mass is 9.99. The van der Waals surface area contributed by atoms with E-state index >= 15 is 0 Å². The summed E-state index contributed by atoms with van der Waals surface area (Å²) in [5, 5.41) is 21.4. The van der Waals surface area contributed by atoms with E-state index in [2.05, 4.69) is 50.3 Å². The molecule has 0 bridgehead atoms. The molecule has 6 aromatic rings. The predicted molar refractivity (Wildman–Crippen MR) is 311 cm³/mol. The second-order valence-corrected chi connectivity index (χ2v) is 21.0. The molecule has 0 saturated heterocycles. The third kappa shape index (κ3) is 18.1. The fraction of sp³-hybridized carbons (Fsp3) is 0.362. The molecule has 2 aromatic heterocycles. The Balaban J connectivity index is 0.855. The first-order chi connectivity index (χ1) is 39.8. The number of amides is 4. The highest BCUT2D eigenvalue weighted by molar-refractivity contribution is 7.15. The van der Waals surface area contributed by atoms with Crippen LogP contribution in [0.4, 0.5) is 20.6 Å². The predicted octanol–water partition coefficient (Wildman–Crippen LogP) is 7.23. The van der Waals surface area contributed by atoms with E-state index in [1.807, 2.05) is 35.8 Å². The lowest BCUT2D eigenvalue weighted by molar-refractivity contribution is -0.168. The van der Waals surface area contributed by atoms with Gasteiger partial charge in [0, 0.05) is 59.2 Å². The van der Waals surface area contributed by atoms with Gasteiger partial charge in [-0.2, -0.15) is 0 Å². The van der Waals surface area contributed by atoms with Gasteiger partial charge in [-0.15, -0.1) is 21.5 Å². The fourth-order valence-electron chi connectivity index (χ4n) is 8.35. The van der Waals surface area contributed by atoms with Gasteiger partial charge in [-0.25, -0.2) is 14.2 Å². The molecule has 0 fully saturated rings. The second kappa shape index (κ2) is 30.1. The topological polar surface area (TPSA) is 296 Å². The van der Waals surface area contributed by atoms with Gasteiger partial charge >= 0.3 is 12.1 Å². The van der Waals surface area contributed by atoms with Crippen molar-refractivity contribution in [3.8, 4) is 10.8 Å². The smallest absolute Gasteiger partial charge is 0.410 e. The van der Waals surface area contributed by atoms with Crippen LogP contribution >= 0.6 is 22.9 Å². The van der Waals surface area contributed by atoms with Crippen LogP contribution in [0, 0.1) is 32.5 Å². The lowest BCUT2D eigenvalue weighted by Crippen LogP contribution is -2.46. The van der Waals surface area contributed by atoms with Crippen LogP contribution in [0.1, 0.15) is 87.9 Å². The molecule has 1 aliphatic rings. The Morgan fingerprint density at radius 3 is 2.11 bits per heavy atom. The summed E-state index contributed by atoms with van der Waals surface area (Å²) in [6.07, 6.45) is -2.27. The highest BCUT2D eigenvalue weighted by Gasteiger charge is 2.33. The van der Waals surface area contributed by atoms with Crippen molar-refractivity contribution in [1.29, 1.82) is 0 Å². The molecule has 83 heavy (non-hydrogen) atoms. The van der Waals surface area contributed by atoms with Gasteiger partial charge in [0.2, 0.25) is 18.1 Å². The molecule has 8 N–H and O–H groups in total. The minimum Gasteiger partial charge on any atom is -0.488 e. The van der Waals surface area contributed by atoms with Crippen molar-refractivity contribution < 1.29 is 56.8 Å². The largest absolute Gasteiger partial charge is 0.488 e. The quantitative estimate of drug-likeness (QED) is 0.00928. The van der Waals surface area contributed by atoms with Crippen LogP contribution in [0.3, 0.4) is 0 Å². The number of alkyl carbamates (subject to hydrolysis) is 1. The number of nitrogens with two attached hydrogens (primary N) is 2. The summed E-state index contributed by atoms with van der Waals surface area (Å²) < 4.78 is 49.2. The van der Waals surface area contributed by atoms with Crippen molar-refractivity contribution in [2.45, 2.75) is 79.4 Å². The number of benzene rings is 4. The number of halogens is 2. The van der Waals surface area contributed by atoms with Crippen LogP contribution in [0.25, 0.3) is 5.00 Å². The van der Waals surface area contributed by atoms with Crippen LogP contribution in [0.15, 0.2) is 101 Å². The lowest BCUT2D eigenvalue weighted by Gasteiger charge is -2.21. The number of nitrogens with zero attached hydrogens (tertiary/aromatic N) is 5. The number of carbonyl (C=O) groups is 5. The Morgan fingerprint density at radius 1 is 0.795 bits per heavy atom. The molecule has 3 heterocycles. The van der Waals surface area contributed by atoms with E-state index in [1.54, 1.807) is 49.4 Å². The van der Waals surface area contributed by atoms with Crippen LogP contribution in [-0.4, -0.2) is 121 Å². The Kier molecular flexibility index (Phi) is 22.6. The van der Waals surface area contributed by atoms with E-state index in [9.17, 15) is 28.4 Å². The molecule has 22 nitrogen and oxygen atoms in total. The number of nitrogens with one attached hydrogen (secondary N) is 4. The zero-order valence-corrected chi connectivity index (χ0v) is 48.4. The first-order valence-corrected chi connectivity index (χ1v) is 27.9. The zero-order chi connectivity index (χ0) is 59.6. The molecular formula is C58H67ClFN11O11S. The summed E-state index contributed by atoms with van der Waals surface area (Å²) >= 11 is 7.88. The Bertz CT molecular complexity index is 3280. The number of anilines is 1. The molecule has 0 spiro atoms. The molecular weight excluding hydrogens is 1110 g/mol. The first-order valence-electron chi connectivity index (χ1n) is 26.7. The van der Waals surface area contributed by atoms with Gasteiger partial charge in [-0.05, 0) is 86.0 Å². The third-order valence-electron chi connectivity index (χ3n) is 12.7. The number of esters is 1. The second-order valence-electron chi connectivity index (χ2n) is 19.3. The molecule has 1 unspecified atom stereocenters. The van der Waals surface area contributed by atoms with E-state index in [1.165, 1.54) is 49.4 Å². The van der Waals surface area contributed by atoms with Crippen LogP contribution in [-0.2, 0) is 51.1 Å². The van der Waals surface area contributed by atoms with Gasteiger partial charge < -0.3 is 61.2 Å². The van der Waals surface area contributed by atoms with Crippen molar-refractivity contribution in [3.63, 3.8) is 0 Å². The van der Waals surface area contributed by atoms with E-state index in [0.717, 1.165) is 32.3 Å². The number of carbonyl (C=O) groups excluding carboxylic acids is 5. The Hall–Kier alpha value is -8.29. The van der Waals surface area contributed by atoms with Crippen LogP contribution in [0.2, 0.25) is 5.02 Å². The molecule has 4 aromatic carbocycles. The monoisotopic (exact) mass is 1180 g/mol. The van der Waals surface area contributed by atoms with Gasteiger partial charge in [-0.3, -0.25) is 28.7 Å². The number of guanidine groups is 1. The van der Waals surface area contributed by atoms with Crippen LogP contribution < -0.4 is 37.5 Å². The average Bonchev–Trinajstić information content (AvgIpc) is 2.96. The van der Waals surface area contributed by atoms with E-state index < -0.39 is 54.0 Å². The highest BCUT2D eigenvalue weighted by Crippen LogP contribution is 2.40. The number of aromatic nitrogens is 3. The molecule has 4 amide bonds. The van der Waals surface area contributed by atoms with Gasteiger partial charge in [-0.1, -0.05) is 61.8 Å². The summed E-state index contributed by atoms with van der Waals surface area (Å²) in [7, 11) is 0. The molecule has 25 heteroatoms. The van der Waals surface area contributed by atoms with Crippen molar-refractivity contribution in [2.75, 3.05) is 58.0 Å². The molecule has 0 radical (unpaired) electrons.